The molecule has 1 amide bonds. The van der Waals surface area contributed by atoms with E-state index in [1.807, 2.05) is 6.92 Å². The highest BCUT2D eigenvalue weighted by Gasteiger charge is 2.33. The summed E-state index contributed by atoms with van der Waals surface area (Å²) in [6.07, 6.45) is -0.251. The van der Waals surface area contributed by atoms with Gasteiger partial charge in [0.2, 0.25) is 10.0 Å². The maximum atomic E-state index is 12.4. The number of amides is 1. The molecule has 0 aromatic heterocycles. The molecule has 1 heterocycles. The van der Waals surface area contributed by atoms with Crippen LogP contribution >= 0.6 is 0 Å². The largest absolute Gasteiger partial charge is 0.497 e. The molecule has 0 spiro atoms. The minimum absolute atomic E-state index is 0.00404. The molecule has 0 radical (unpaired) electrons. The molecule has 1 aliphatic rings. The molecule has 0 aliphatic carbocycles. The van der Waals surface area contributed by atoms with Crippen molar-refractivity contribution in [2.75, 3.05) is 25.1 Å². The number of anilines is 1. The lowest BCUT2D eigenvalue weighted by atomic mass is 10.2. The van der Waals surface area contributed by atoms with Gasteiger partial charge in [0.05, 0.1) is 24.2 Å². The van der Waals surface area contributed by atoms with Crippen LogP contribution in [-0.4, -0.2) is 40.8 Å². The Morgan fingerprint density at radius 1 is 1.22 bits per heavy atom. The fraction of sp³-hybridized carbons (Fsp3) is 0.316. The number of rotatable bonds is 7. The Bertz CT molecular complexity index is 912. The van der Waals surface area contributed by atoms with Gasteiger partial charge < -0.3 is 9.47 Å². The number of sulfonamides is 1. The van der Waals surface area contributed by atoms with E-state index in [4.69, 9.17) is 9.47 Å². The zero-order chi connectivity index (χ0) is 19.4. The number of hydrogen-bond acceptors (Lipinski definition) is 5. The first kappa shape index (κ1) is 19.2. The van der Waals surface area contributed by atoms with E-state index in [9.17, 15) is 13.2 Å². The van der Waals surface area contributed by atoms with Crippen LogP contribution in [0.15, 0.2) is 53.4 Å². The van der Waals surface area contributed by atoms with E-state index in [0.717, 1.165) is 12.0 Å². The van der Waals surface area contributed by atoms with Gasteiger partial charge in [-0.25, -0.2) is 17.9 Å². The lowest BCUT2D eigenvalue weighted by Gasteiger charge is -2.14. The smallest absolute Gasteiger partial charge is 0.414 e. The Hall–Kier alpha value is -2.58. The molecule has 1 saturated heterocycles. The first-order chi connectivity index (χ1) is 12.9. The van der Waals surface area contributed by atoms with Crippen LogP contribution in [0.1, 0.15) is 12.5 Å². The molecule has 1 atom stereocenters. The highest BCUT2D eigenvalue weighted by atomic mass is 32.2. The van der Waals surface area contributed by atoms with E-state index >= 15 is 0 Å². The number of benzene rings is 2. The molecule has 2 aromatic rings. The molecule has 8 heteroatoms. The summed E-state index contributed by atoms with van der Waals surface area (Å²) in [5.41, 5.74) is 1.70. The van der Waals surface area contributed by atoms with Gasteiger partial charge in [-0.2, -0.15) is 0 Å². The Kier molecular flexibility index (Phi) is 5.67. The summed E-state index contributed by atoms with van der Waals surface area (Å²) in [4.78, 5) is 13.8. The lowest BCUT2D eigenvalue weighted by Crippen LogP contribution is -2.34. The van der Waals surface area contributed by atoms with Gasteiger partial charge in [0, 0.05) is 12.6 Å². The summed E-state index contributed by atoms with van der Waals surface area (Å²) >= 11 is 0. The van der Waals surface area contributed by atoms with Gasteiger partial charge in [-0.1, -0.05) is 25.1 Å². The van der Waals surface area contributed by atoms with E-state index in [2.05, 4.69) is 4.72 Å². The van der Waals surface area contributed by atoms with Crippen LogP contribution in [0.25, 0.3) is 0 Å². The molecular formula is C19H22N2O5S. The molecular weight excluding hydrogens is 368 g/mol. The molecule has 0 saturated carbocycles. The second-order valence-electron chi connectivity index (χ2n) is 6.17. The van der Waals surface area contributed by atoms with Crippen molar-refractivity contribution in [1.29, 1.82) is 0 Å². The van der Waals surface area contributed by atoms with Gasteiger partial charge in [-0.3, -0.25) is 4.90 Å². The number of carbonyl (C=O) groups is 1. The summed E-state index contributed by atoms with van der Waals surface area (Å²) in [7, 11) is -2.12. The van der Waals surface area contributed by atoms with Crippen molar-refractivity contribution in [1.82, 2.24) is 4.72 Å². The van der Waals surface area contributed by atoms with Crippen molar-refractivity contribution in [3.63, 3.8) is 0 Å². The summed E-state index contributed by atoms with van der Waals surface area (Å²) in [6.45, 7) is 2.26. The van der Waals surface area contributed by atoms with Crippen molar-refractivity contribution in [3.05, 3.63) is 54.1 Å². The predicted molar refractivity (Wildman–Crippen MR) is 102 cm³/mol. The Morgan fingerprint density at radius 3 is 2.63 bits per heavy atom. The number of carbonyl (C=O) groups excluding carboxylic acids is 1. The van der Waals surface area contributed by atoms with E-state index in [1.165, 1.54) is 4.90 Å². The van der Waals surface area contributed by atoms with Gasteiger partial charge in [-0.05, 0) is 36.2 Å². The summed E-state index contributed by atoms with van der Waals surface area (Å²) < 4.78 is 37.8. The van der Waals surface area contributed by atoms with Crippen LogP contribution in [-0.2, 0) is 21.2 Å². The Balaban J connectivity index is 1.64. The van der Waals surface area contributed by atoms with E-state index in [-0.39, 0.29) is 18.0 Å². The number of cyclic esters (lactones) is 1. The van der Waals surface area contributed by atoms with Crippen LogP contribution < -0.4 is 14.4 Å². The number of hydrogen-bond donors (Lipinski definition) is 1. The van der Waals surface area contributed by atoms with Crippen LogP contribution in [0.5, 0.6) is 5.75 Å². The summed E-state index contributed by atoms with van der Waals surface area (Å²) in [5, 5.41) is 0. The maximum Gasteiger partial charge on any atom is 0.414 e. The quantitative estimate of drug-likeness (QED) is 0.785. The molecule has 3 rings (SSSR count). The molecule has 1 N–H and O–H groups in total. The molecule has 1 aliphatic heterocycles. The molecule has 0 bridgehead atoms. The Morgan fingerprint density at radius 2 is 1.96 bits per heavy atom. The third-order valence-electron chi connectivity index (χ3n) is 4.38. The van der Waals surface area contributed by atoms with Crippen LogP contribution in [0.4, 0.5) is 10.5 Å². The normalized spacial score (nSPS) is 17.0. The fourth-order valence-electron chi connectivity index (χ4n) is 2.81. The van der Waals surface area contributed by atoms with Crippen molar-refractivity contribution in [2.45, 2.75) is 24.3 Å². The molecule has 144 valence electrons. The van der Waals surface area contributed by atoms with Crippen molar-refractivity contribution in [3.8, 4) is 5.75 Å². The average molecular weight is 390 g/mol. The van der Waals surface area contributed by atoms with Crippen molar-refractivity contribution >= 4 is 21.8 Å². The highest BCUT2D eigenvalue weighted by Crippen LogP contribution is 2.25. The summed E-state index contributed by atoms with van der Waals surface area (Å²) in [5.74, 6) is 0.625. The van der Waals surface area contributed by atoms with Gasteiger partial charge in [0.1, 0.15) is 11.9 Å². The van der Waals surface area contributed by atoms with E-state index < -0.39 is 22.2 Å². The van der Waals surface area contributed by atoms with Crippen LogP contribution in [0.3, 0.4) is 0 Å². The minimum atomic E-state index is -3.66. The second kappa shape index (κ2) is 7.98. The maximum absolute atomic E-state index is 12.4. The molecule has 27 heavy (non-hydrogen) atoms. The first-order valence-corrected chi connectivity index (χ1v) is 10.1. The van der Waals surface area contributed by atoms with E-state index in [0.29, 0.717) is 11.4 Å². The standard InChI is InChI=1S/C19H22N2O5S/c1-3-14-7-9-18(10-8-14)27(23,24)20-12-17-13-21(19(22)26-17)15-5-4-6-16(11-15)25-2/h4-11,17,20H,3,12-13H2,1-2H3. The molecule has 7 nitrogen and oxygen atoms in total. The lowest BCUT2D eigenvalue weighted by molar-refractivity contribution is 0.143. The van der Waals surface area contributed by atoms with Gasteiger partial charge in [-0.15, -0.1) is 0 Å². The SMILES string of the molecule is CCc1ccc(S(=O)(=O)NCC2CN(c3cccc(OC)c3)C(=O)O2)cc1. The highest BCUT2D eigenvalue weighted by molar-refractivity contribution is 7.89. The Labute approximate surface area is 158 Å². The monoisotopic (exact) mass is 390 g/mol. The second-order valence-corrected chi connectivity index (χ2v) is 7.93. The molecule has 1 fully saturated rings. The number of nitrogens with one attached hydrogen (secondary N) is 1. The number of aryl methyl sites for hydroxylation is 1. The van der Waals surface area contributed by atoms with Gasteiger partial charge in [0.25, 0.3) is 0 Å². The zero-order valence-electron chi connectivity index (χ0n) is 15.2. The molecule has 2 aromatic carbocycles. The fourth-order valence-corrected chi connectivity index (χ4v) is 3.87. The minimum Gasteiger partial charge on any atom is -0.497 e. The number of nitrogens with zero attached hydrogens (tertiary/aromatic N) is 1. The topological polar surface area (TPSA) is 84.9 Å². The van der Waals surface area contributed by atoms with Gasteiger partial charge in [0.15, 0.2) is 0 Å². The molecule has 1 unspecified atom stereocenters. The van der Waals surface area contributed by atoms with Crippen LogP contribution in [0, 0.1) is 0 Å². The third-order valence-corrected chi connectivity index (χ3v) is 5.82. The number of methoxy groups -OCH3 is 1. The van der Waals surface area contributed by atoms with Gasteiger partial charge >= 0.3 is 6.09 Å². The average Bonchev–Trinajstić information content (AvgIpc) is 3.07. The first-order valence-electron chi connectivity index (χ1n) is 8.63. The zero-order valence-corrected chi connectivity index (χ0v) is 16.0. The third kappa shape index (κ3) is 4.40. The van der Waals surface area contributed by atoms with Crippen molar-refractivity contribution < 1.29 is 22.7 Å². The van der Waals surface area contributed by atoms with Crippen LogP contribution in [0.2, 0.25) is 0 Å². The van der Waals surface area contributed by atoms with Crippen molar-refractivity contribution in [2.24, 2.45) is 0 Å². The number of ether oxygens (including phenoxy) is 2. The van der Waals surface area contributed by atoms with E-state index in [1.54, 1.807) is 55.6 Å². The summed E-state index contributed by atoms with van der Waals surface area (Å²) in [6, 6.07) is 13.8. The predicted octanol–water partition coefficient (Wildman–Crippen LogP) is 2.56.